The molecule has 0 spiro atoms. The number of benzene rings is 1. The Morgan fingerprint density at radius 3 is 2.37 bits per heavy atom. The summed E-state index contributed by atoms with van der Waals surface area (Å²) in [5, 5.41) is 3.35. The van der Waals surface area contributed by atoms with Gasteiger partial charge in [0.05, 0.1) is 4.47 Å². The van der Waals surface area contributed by atoms with Crippen LogP contribution in [0.25, 0.3) is 0 Å². The highest BCUT2D eigenvalue weighted by atomic mass is 79.9. The largest absolute Gasteiger partial charge is 0.573 e. The first-order valence-electron chi connectivity index (χ1n) is 6.13. The first-order valence-corrected chi connectivity index (χ1v) is 6.92. The van der Waals surface area contributed by atoms with Crippen molar-refractivity contribution in [3.8, 4) is 5.75 Å². The lowest BCUT2D eigenvalue weighted by Crippen LogP contribution is -2.27. The summed E-state index contributed by atoms with van der Waals surface area (Å²) in [7, 11) is 0. The van der Waals surface area contributed by atoms with Crippen LogP contribution in [0, 0.1) is 0 Å². The van der Waals surface area contributed by atoms with Gasteiger partial charge < -0.3 is 10.1 Å². The van der Waals surface area contributed by atoms with Crippen LogP contribution in [-0.4, -0.2) is 12.4 Å². The van der Waals surface area contributed by atoms with Crippen molar-refractivity contribution in [3.63, 3.8) is 0 Å². The lowest BCUT2D eigenvalue weighted by atomic mass is 10.1. The number of halogens is 4. The van der Waals surface area contributed by atoms with Gasteiger partial charge in [-0.2, -0.15) is 0 Å². The van der Waals surface area contributed by atoms with Crippen LogP contribution >= 0.6 is 15.9 Å². The molecule has 6 heteroatoms. The number of hydrogen-bond donors (Lipinski definition) is 1. The summed E-state index contributed by atoms with van der Waals surface area (Å²) >= 11 is 3.09. The maximum absolute atomic E-state index is 12.1. The monoisotopic (exact) mass is 339 g/mol. The smallest absolute Gasteiger partial charge is 0.405 e. The van der Waals surface area contributed by atoms with E-state index in [1.165, 1.54) is 6.07 Å². The van der Waals surface area contributed by atoms with E-state index in [1.807, 2.05) is 0 Å². The summed E-state index contributed by atoms with van der Waals surface area (Å²) in [6.45, 7) is 4.81. The van der Waals surface area contributed by atoms with Crippen molar-refractivity contribution in [3.05, 3.63) is 28.2 Å². The summed E-state index contributed by atoms with van der Waals surface area (Å²) in [6.07, 6.45) is -2.63. The normalized spacial score (nSPS) is 11.9. The maximum Gasteiger partial charge on any atom is 0.573 e. The molecule has 19 heavy (non-hydrogen) atoms. The summed E-state index contributed by atoms with van der Waals surface area (Å²) in [6, 6.07) is 5.00. The fourth-order valence-corrected chi connectivity index (χ4v) is 2.21. The first-order chi connectivity index (χ1) is 8.85. The minimum Gasteiger partial charge on any atom is -0.405 e. The third-order valence-electron chi connectivity index (χ3n) is 2.80. The second-order valence-corrected chi connectivity index (χ2v) is 5.06. The fourth-order valence-electron chi connectivity index (χ4n) is 1.70. The number of alkyl halides is 3. The van der Waals surface area contributed by atoms with Gasteiger partial charge in [0.1, 0.15) is 5.75 Å². The molecule has 0 aromatic heterocycles. The van der Waals surface area contributed by atoms with Gasteiger partial charge in [0, 0.05) is 12.6 Å². The number of ether oxygens (including phenoxy) is 1. The quantitative estimate of drug-likeness (QED) is 0.816. The Morgan fingerprint density at radius 2 is 1.89 bits per heavy atom. The van der Waals surface area contributed by atoms with E-state index >= 15 is 0 Å². The van der Waals surface area contributed by atoms with E-state index < -0.39 is 6.36 Å². The molecular formula is C13H17BrF3NO. The molecule has 1 N–H and O–H groups in total. The molecule has 0 radical (unpaired) electrons. The second kappa shape index (κ2) is 7.14. The molecule has 0 heterocycles. The molecule has 0 fully saturated rings. The molecule has 0 bridgehead atoms. The highest BCUT2D eigenvalue weighted by Gasteiger charge is 2.31. The highest BCUT2D eigenvalue weighted by Crippen LogP contribution is 2.31. The third kappa shape index (κ3) is 5.82. The lowest BCUT2D eigenvalue weighted by Gasteiger charge is -2.15. The molecule has 1 aromatic rings. The van der Waals surface area contributed by atoms with Crippen LogP contribution in [0.2, 0.25) is 0 Å². The van der Waals surface area contributed by atoms with Crippen molar-refractivity contribution < 1.29 is 17.9 Å². The Morgan fingerprint density at radius 1 is 1.26 bits per heavy atom. The summed E-state index contributed by atoms with van der Waals surface area (Å²) in [5.74, 6) is -0.223. The summed E-state index contributed by atoms with van der Waals surface area (Å²) in [4.78, 5) is 0. The van der Waals surface area contributed by atoms with Crippen molar-refractivity contribution in [2.45, 2.75) is 45.6 Å². The molecule has 0 atom stereocenters. The van der Waals surface area contributed by atoms with Crippen LogP contribution in [0.5, 0.6) is 5.75 Å². The molecule has 108 valence electrons. The van der Waals surface area contributed by atoms with Gasteiger partial charge in [-0.3, -0.25) is 0 Å². The summed E-state index contributed by atoms with van der Waals surface area (Å²) < 4.78 is 40.5. The van der Waals surface area contributed by atoms with Crippen LogP contribution in [0.15, 0.2) is 22.7 Å². The minimum atomic E-state index is -4.67. The Balaban J connectivity index is 2.66. The van der Waals surface area contributed by atoms with E-state index in [0.29, 0.717) is 17.1 Å². The molecule has 0 aliphatic heterocycles. The van der Waals surface area contributed by atoms with Gasteiger partial charge >= 0.3 is 6.36 Å². The molecule has 0 unspecified atom stereocenters. The Kier molecular flexibility index (Phi) is 6.13. The topological polar surface area (TPSA) is 21.3 Å². The van der Waals surface area contributed by atoms with Gasteiger partial charge in [-0.15, -0.1) is 13.2 Å². The van der Waals surface area contributed by atoms with Gasteiger partial charge in [-0.1, -0.05) is 19.9 Å². The van der Waals surface area contributed by atoms with Crippen molar-refractivity contribution in [2.75, 3.05) is 0 Å². The van der Waals surface area contributed by atoms with Gasteiger partial charge in [-0.05, 0) is 46.5 Å². The van der Waals surface area contributed by atoms with E-state index in [0.717, 1.165) is 18.4 Å². The predicted molar refractivity (Wildman–Crippen MR) is 72.0 cm³/mol. The van der Waals surface area contributed by atoms with Gasteiger partial charge in [0.2, 0.25) is 0 Å². The zero-order valence-corrected chi connectivity index (χ0v) is 12.4. The average Bonchev–Trinajstić information content (AvgIpc) is 2.32. The molecule has 0 saturated carbocycles. The molecule has 2 nitrogen and oxygen atoms in total. The fraction of sp³-hybridized carbons (Fsp3) is 0.538. The molecule has 0 aliphatic carbocycles. The predicted octanol–water partition coefficient (Wildman–Crippen LogP) is 4.63. The molecule has 0 saturated heterocycles. The molecular weight excluding hydrogens is 323 g/mol. The minimum absolute atomic E-state index is 0.223. The van der Waals surface area contributed by atoms with Gasteiger partial charge in [-0.25, -0.2) is 0 Å². The van der Waals surface area contributed by atoms with E-state index in [-0.39, 0.29) is 5.75 Å². The lowest BCUT2D eigenvalue weighted by molar-refractivity contribution is -0.274. The van der Waals surface area contributed by atoms with Crippen molar-refractivity contribution >= 4 is 15.9 Å². The zero-order chi connectivity index (χ0) is 14.5. The van der Waals surface area contributed by atoms with Crippen LogP contribution in [-0.2, 0) is 6.54 Å². The van der Waals surface area contributed by atoms with Crippen molar-refractivity contribution in [1.82, 2.24) is 5.32 Å². The number of nitrogens with one attached hydrogen (secondary N) is 1. The second-order valence-electron chi connectivity index (χ2n) is 4.21. The van der Waals surface area contributed by atoms with Gasteiger partial charge in [0.25, 0.3) is 0 Å². The van der Waals surface area contributed by atoms with Crippen LogP contribution in [0.4, 0.5) is 13.2 Å². The summed E-state index contributed by atoms with van der Waals surface area (Å²) in [5.41, 5.74) is 0.910. The van der Waals surface area contributed by atoms with E-state index in [4.69, 9.17) is 0 Å². The zero-order valence-electron chi connectivity index (χ0n) is 10.9. The van der Waals surface area contributed by atoms with E-state index in [1.54, 1.807) is 12.1 Å². The standard InChI is InChI=1S/C13H17BrF3NO/c1-3-10(4-2)18-8-9-5-6-12(11(14)7-9)19-13(15,16)17/h5-7,10,18H,3-4,8H2,1-2H3. The third-order valence-corrected chi connectivity index (χ3v) is 3.42. The highest BCUT2D eigenvalue weighted by molar-refractivity contribution is 9.10. The van der Waals surface area contributed by atoms with Crippen LogP contribution in [0.1, 0.15) is 32.3 Å². The number of hydrogen-bond acceptors (Lipinski definition) is 2. The van der Waals surface area contributed by atoms with Crippen molar-refractivity contribution in [1.29, 1.82) is 0 Å². The van der Waals surface area contributed by atoms with Crippen LogP contribution in [0.3, 0.4) is 0 Å². The van der Waals surface area contributed by atoms with Gasteiger partial charge in [0.15, 0.2) is 0 Å². The van der Waals surface area contributed by atoms with E-state index in [9.17, 15) is 13.2 Å². The van der Waals surface area contributed by atoms with Crippen molar-refractivity contribution in [2.24, 2.45) is 0 Å². The molecule has 0 aliphatic rings. The first kappa shape index (κ1) is 16.3. The molecule has 1 rings (SSSR count). The van der Waals surface area contributed by atoms with E-state index in [2.05, 4.69) is 39.8 Å². The Bertz CT molecular complexity index is 405. The SMILES string of the molecule is CCC(CC)NCc1ccc(OC(F)(F)F)c(Br)c1. The number of rotatable bonds is 6. The molecule has 1 aromatic carbocycles. The van der Waals surface area contributed by atoms with Crippen LogP contribution < -0.4 is 10.1 Å². The Labute approximate surface area is 119 Å². The average molecular weight is 340 g/mol. The molecule has 0 amide bonds. The maximum atomic E-state index is 12.1. The Hall–Kier alpha value is -0.750.